The Kier molecular flexibility index (Phi) is 4.66. The minimum Gasteiger partial charge on any atom is -0.497 e. The molecule has 136 valence electrons. The summed E-state index contributed by atoms with van der Waals surface area (Å²) >= 11 is 0. The van der Waals surface area contributed by atoms with Crippen LogP contribution >= 0.6 is 0 Å². The summed E-state index contributed by atoms with van der Waals surface area (Å²) in [4.78, 5) is 0. The van der Waals surface area contributed by atoms with E-state index in [0.29, 0.717) is 31.4 Å². The van der Waals surface area contributed by atoms with E-state index < -0.39 is 6.10 Å². The number of hydrogen-bond donors (Lipinski definition) is 1. The predicted octanol–water partition coefficient (Wildman–Crippen LogP) is 4.05. The highest BCUT2D eigenvalue weighted by atomic mass is 19.1. The largest absolute Gasteiger partial charge is 0.497 e. The molecule has 0 amide bonds. The fraction of sp³-hybridized carbons (Fsp3) is 0.333. The number of aromatic nitrogens is 1. The molecule has 0 spiro atoms. The number of nitrogens with zero attached hydrogens (tertiary/aromatic N) is 1. The number of rotatable bonds is 4. The van der Waals surface area contributed by atoms with Crippen molar-refractivity contribution in [3.8, 4) is 5.75 Å². The van der Waals surface area contributed by atoms with Crippen LogP contribution in [0.25, 0.3) is 10.9 Å². The molecule has 4 rings (SSSR count). The second-order valence-corrected chi connectivity index (χ2v) is 6.73. The monoisotopic (exact) mass is 355 g/mol. The van der Waals surface area contributed by atoms with Crippen molar-refractivity contribution < 1.29 is 19.0 Å². The van der Waals surface area contributed by atoms with Gasteiger partial charge < -0.3 is 19.1 Å². The van der Waals surface area contributed by atoms with E-state index in [1.54, 1.807) is 13.2 Å². The first-order chi connectivity index (χ1) is 12.7. The lowest BCUT2D eigenvalue weighted by molar-refractivity contribution is -0.0442. The number of halogens is 1. The Labute approximate surface area is 151 Å². The Morgan fingerprint density at radius 3 is 2.77 bits per heavy atom. The Bertz CT molecular complexity index is 904. The van der Waals surface area contributed by atoms with Gasteiger partial charge in [-0.15, -0.1) is 0 Å². The van der Waals surface area contributed by atoms with Crippen LogP contribution in [0.5, 0.6) is 5.75 Å². The molecule has 0 unspecified atom stereocenters. The summed E-state index contributed by atoms with van der Waals surface area (Å²) in [7, 11) is 1.64. The summed E-state index contributed by atoms with van der Waals surface area (Å²) in [6.07, 6.45) is 2.40. The van der Waals surface area contributed by atoms with E-state index in [9.17, 15) is 9.50 Å². The SMILES string of the molecule is COc1ccc(Cn2cc([C@H]3C[C@@H](O)CCO3)c3c(F)cccc32)cc1. The fourth-order valence-corrected chi connectivity index (χ4v) is 3.64. The summed E-state index contributed by atoms with van der Waals surface area (Å²) in [6, 6.07) is 13.0. The lowest BCUT2D eigenvalue weighted by Crippen LogP contribution is -2.23. The molecule has 2 heterocycles. The molecule has 1 aliphatic rings. The smallest absolute Gasteiger partial charge is 0.132 e. The molecule has 2 atom stereocenters. The Morgan fingerprint density at radius 2 is 2.04 bits per heavy atom. The molecule has 1 saturated heterocycles. The van der Waals surface area contributed by atoms with Crippen LogP contribution in [0.2, 0.25) is 0 Å². The van der Waals surface area contributed by atoms with Gasteiger partial charge in [0.1, 0.15) is 11.6 Å². The zero-order valence-corrected chi connectivity index (χ0v) is 14.7. The van der Waals surface area contributed by atoms with Gasteiger partial charge in [-0.25, -0.2) is 4.39 Å². The maximum Gasteiger partial charge on any atom is 0.132 e. The summed E-state index contributed by atoms with van der Waals surface area (Å²) in [5, 5.41) is 10.6. The molecular formula is C21H22FNO3. The van der Waals surface area contributed by atoms with Gasteiger partial charge in [-0.3, -0.25) is 0 Å². The fourth-order valence-electron chi connectivity index (χ4n) is 3.64. The van der Waals surface area contributed by atoms with E-state index >= 15 is 0 Å². The molecule has 3 aromatic rings. The molecule has 26 heavy (non-hydrogen) atoms. The van der Waals surface area contributed by atoms with E-state index in [0.717, 1.165) is 22.4 Å². The Morgan fingerprint density at radius 1 is 1.23 bits per heavy atom. The van der Waals surface area contributed by atoms with E-state index in [4.69, 9.17) is 9.47 Å². The molecule has 0 aliphatic carbocycles. The minimum absolute atomic E-state index is 0.255. The molecule has 1 aliphatic heterocycles. The van der Waals surface area contributed by atoms with Gasteiger partial charge in [0.05, 0.1) is 24.8 Å². The van der Waals surface area contributed by atoms with Crippen LogP contribution in [0.4, 0.5) is 4.39 Å². The summed E-state index contributed by atoms with van der Waals surface area (Å²) in [5.41, 5.74) is 2.74. The summed E-state index contributed by atoms with van der Waals surface area (Å²) in [5.74, 6) is 0.553. The average molecular weight is 355 g/mol. The lowest BCUT2D eigenvalue weighted by Gasteiger charge is -2.26. The van der Waals surface area contributed by atoms with E-state index in [1.165, 1.54) is 6.07 Å². The number of ether oxygens (including phenoxy) is 2. The first-order valence-corrected chi connectivity index (χ1v) is 8.85. The summed E-state index contributed by atoms with van der Waals surface area (Å²) < 4.78 is 27.7. The van der Waals surface area contributed by atoms with E-state index in [2.05, 4.69) is 0 Å². The highest BCUT2D eigenvalue weighted by molar-refractivity contribution is 5.85. The van der Waals surface area contributed by atoms with Crippen molar-refractivity contribution in [2.75, 3.05) is 13.7 Å². The second-order valence-electron chi connectivity index (χ2n) is 6.73. The molecule has 4 nitrogen and oxygen atoms in total. The van der Waals surface area contributed by atoms with Crippen LogP contribution < -0.4 is 4.74 Å². The highest BCUT2D eigenvalue weighted by Gasteiger charge is 2.26. The third kappa shape index (κ3) is 3.20. The number of hydrogen-bond acceptors (Lipinski definition) is 3. The van der Waals surface area contributed by atoms with Crippen LogP contribution in [0.3, 0.4) is 0 Å². The highest BCUT2D eigenvalue weighted by Crippen LogP contribution is 2.36. The van der Waals surface area contributed by atoms with Crippen molar-refractivity contribution in [1.82, 2.24) is 4.57 Å². The van der Waals surface area contributed by atoms with Crippen LogP contribution in [0.1, 0.15) is 30.1 Å². The van der Waals surface area contributed by atoms with Crippen LogP contribution in [-0.4, -0.2) is 29.5 Å². The van der Waals surface area contributed by atoms with Gasteiger partial charge in [-0.1, -0.05) is 18.2 Å². The van der Waals surface area contributed by atoms with Gasteiger partial charge in [0.2, 0.25) is 0 Å². The number of aliphatic hydroxyl groups is 1. The van der Waals surface area contributed by atoms with Gasteiger partial charge in [-0.05, 0) is 36.2 Å². The summed E-state index contributed by atoms with van der Waals surface area (Å²) in [6.45, 7) is 1.12. The third-order valence-corrected chi connectivity index (χ3v) is 5.00. The quantitative estimate of drug-likeness (QED) is 0.768. The first-order valence-electron chi connectivity index (χ1n) is 8.85. The normalized spacial score (nSPS) is 20.4. The van der Waals surface area contributed by atoms with Crippen LogP contribution in [0.15, 0.2) is 48.7 Å². The van der Waals surface area contributed by atoms with E-state index in [1.807, 2.05) is 41.1 Å². The standard InChI is InChI=1S/C21H22FNO3/c1-25-16-7-5-14(6-8-16)12-23-13-17(20-11-15(24)9-10-26-20)21-18(22)3-2-4-19(21)23/h2-8,13,15,20,24H,9-12H2,1H3/t15-,20+/m0/s1. The van der Waals surface area contributed by atoms with Crippen molar-refractivity contribution in [3.05, 3.63) is 65.6 Å². The van der Waals surface area contributed by atoms with Crippen molar-refractivity contribution in [2.45, 2.75) is 31.6 Å². The van der Waals surface area contributed by atoms with Crippen molar-refractivity contribution in [1.29, 1.82) is 0 Å². The van der Waals surface area contributed by atoms with Crippen molar-refractivity contribution in [3.63, 3.8) is 0 Å². The van der Waals surface area contributed by atoms with Gasteiger partial charge >= 0.3 is 0 Å². The number of methoxy groups -OCH3 is 1. The molecule has 1 aromatic heterocycles. The molecule has 0 radical (unpaired) electrons. The Hall–Kier alpha value is -2.37. The number of aliphatic hydroxyl groups excluding tert-OH is 1. The molecular weight excluding hydrogens is 333 g/mol. The van der Waals surface area contributed by atoms with Crippen molar-refractivity contribution >= 4 is 10.9 Å². The third-order valence-electron chi connectivity index (χ3n) is 5.00. The zero-order chi connectivity index (χ0) is 18.1. The van der Waals surface area contributed by atoms with Gasteiger partial charge in [-0.2, -0.15) is 0 Å². The maximum atomic E-state index is 14.6. The maximum absolute atomic E-state index is 14.6. The minimum atomic E-state index is -0.402. The molecule has 2 aromatic carbocycles. The van der Waals surface area contributed by atoms with Gasteiger partial charge in [0, 0.05) is 36.7 Å². The predicted molar refractivity (Wildman–Crippen MR) is 97.9 cm³/mol. The average Bonchev–Trinajstić information content (AvgIpc) is 3.02. The molecule has 0 saturated carbocycles. The number of fused-ring (bicyclic) bond motifs is 1. The zero-order valence-electron chi connectivity index (χ0n) is 14.7. The molecule has 5 heteroatoms. The lowest BCUT2D eigenvalue weighted by atomic mass is 9.99. The van der Waals surface area contributed by atoms with Gasteiger partial charge in [0.25, 0.3) is 0 Å². The van der Waals surface area contributed by atoms with Gasteiger partial charge in [0.15, 0.2) is 0 Å². The first kappa shape index (κ1) is 17.1. The molecule has 0 bridgehead atoms. The second kappa shape index (κ2) is 7.09. The molecule has 1 fully saturated rings. The van der Waals surface area contributed by atoms with Crippen molar-refractivity contribution in [2.24, 2.45) is 0 Å². The van der Waals surface area contributed by atoms with Crippen LogP contribution in [-0.2, 0) is 11.3 Å². The Balaban J connectivity index is 1.73. The van der Waals surface area contributed by atoms with Crippen LogP contribution in [0, 0.1) is 5.82 Å². The molecule has 1 N–H and O–H groups in total. The van der Waals surface area contributed by atoms with E-state index in [-0.39, 0.29) is 11.9 Å². The topological polar surface area (TPSA) is 43.6 Å². The number of benzene rings is 2.